The van der Waals surface area contributed by atoms with Gasteiger partial charge in [-0.05, 0) is 11.6 Å². The van der Waals surface area contributed by atoms with Crippen LogP contribution in [-0.2, 0) is 0 Å². The van der Waals surface area contributed by atoms with Crippen LogP contribution in [0, 0.1) is 0 Å². The fourth-order valence-corrected chi connectivity index (χ4v) is 2.78. The van der Waals surface area contributed by atoms with Crippen molar-refractivity contribution in [3.8, 4) is 0 Å². The Morgan fingerprint density at radius 3 is 1.27 bits per heavy atom. The Hall–Kier alpha value is -4.04. The molecule has 0 saturated heterocycles. The standard InChI is InChI=1S/C15H12O.C13H10O/c16-15(14-9-5-2-6-10-14)12-11-13-7-3-1-4-8-13;14-13(11-7-3-1-4-8-11)12-9-5-2-6-10-12/h1-12H;1-10H. The topological polar surface area (TPSA) is 34.1 Å². The molecule has 0 fully saturated rings. The number of carbonyl (C=O) groups excluding carboxylic acids is 2. The van der Waals surface area contributed by atoms with Crippen LogP contribution in [0.25, 0.3) is 6.08 Å². The first-order valence-electron chi connectivity index (χ1n) is 9.71. The second kappa shape index (κ2) is 11.1. The van der Waals surface area contributed by atoms with E-state index >= 15 is 0 Å². The molecule has 0 aliphatic rings. The van der Waals surface area contributed by atoms with Crippen LogP contribution < -0.4 is 0 Å². The third-order valence-corrected chi connectivity index (χ3v) is 4.36. The van der Waals surface area contributed by atoms with Crippen molar-refractivity contribution in [3.63, 3.8) is 0 Å². The van der Waals surface area contributed by atoms with Gasteiger partial charge in [0.05, 0.1) is 0 Å². The van der Waals surface area contributed by atoms with Crippen molar-refractivity contribution < 1.29 is 9.59 Å². The number of allylic oxidation sites excluding steroid dienone is 1. The zero-order chi connectivity index (χ0) is 21.0. The molecule has 2 heteroatoms. The fourth-order valence-electron chi connectivity index (χ4n) is 2.78. The van der Waals surface area contributed by atoms with Gasteiger partial charge in [0.2, 0.25) is 0 Å². The normalized spacial score (nSPS) is 10.1. The molecule has 0 spiro atoms. The summed E-state index contributed by atoms with van der Waals surface area (Å²) in [7, 11) is 0. The Morgan fingerprint density at radius 1 is 0.467 bits per heavy atom. The zero-order valence-corrected chi connectivity index (χ0v) is 16.5. The Bertz CT molecular complexity index is 1040. The van der Waals surface area contributed by atoms with E-state index in [1.807, 2.05) is 127 Å². The van der Waals surface area contributed by atoms with Crippen molar-refractivity contribution in [3.05, 3.63) is 150 Å². The van der Waals surface area contributed by atoms with Crippen molar-refractivity contribution in [1.82, 2.24) is 0 Å². The Labute approximate surface area is 177 Å². The minimum Gasteiger partial charge on any atom is -0.289 e. The number of rotatable bonds is 5. The monoisotopic (exact) mass is 390 g/mol. The Kier molecular flexibility index (Phi) is 7.64. The second-order valence-corrected chi connectivity index (χ2v) is 6.54. The summed E-state index contributed by atoms with van der Waals surface area (Å²) in [4.78, 5) is 23.6. The number of ketones is 2. The highest BCUT2D eigenvalue weighted by molar-refractivity contribution is 6.09. The molecule has 0 amide bonds. The maximum Gasteiger partial charge on any atom is 0.193 e. The first-order chi connectivity index (χ1) is 14.7. The van der Waals surface area contributed by atoms with E-state index in [1.54, 1.807) is 6.08 Å². The summed E-state index contributed by atoms with van der Waals surface area (Å²) in [6.07, 6.45) is 3.43. The lowest BCUT2D eigenvalue weighted by molar-refractivity contribution is 0.103. The molecule has 0 bridgehead atoms. The molecular formula is C28H22O2. The van der Waals surface area contributed by atoms with E-state index in [1.165, 1.54) is 0 Å². The fraction of sp³-hybridized carbons (Fsp3) is 0. The highest BCUT2D eigenvalue weighted by Crippen LogP contribution is 2.08. The van der Waals surface area contributed by atoms with Crippen LogP contribution in [0.3, 0.4) is 0 Å². The Morgan fingerprint density at radius 2 is 0.833 bits per heavy atom. The number of benzene rings is 4. The Balaban J connectivity index is 0.000000172. The molecule has 0 aliphatic heterocycles. The smallest absolute Gasteiger partial charge is 0.193 e. The molecule has 30 heavy (non-hydrogen) atoms. The first kappa shape index (κ1) is 20.7. The molecule has 0 radical (unpaired) electrons. The van der Waals surface area contributed by atoms with Gasteiger partial charge in [0.15, 0.2) is 11.6 Å². The van der Waals surface area contributed by atoms with Crippen molar-refractivity contribution in [2.45, 2.75) is 0 Å². The number of carbonyl (C=O) groups is 2. The van der Waals surface area contributed by atoms with E-state index in [9.17, 15) is 9.59 Å². The molecule has 2 nitrogen and oxygen atoms in total. The molecule has 0 saturated carbocycles. The van der Waals surface area contributed by atoms with Gasteiger partial charge in [-0.2, -0.15) is 0 Å². The lowest BCUT2D eigenvalue weighted by atomic mass is 10.0. The molecule has 4 aromatic carbocycles. The van der Waals surface area contributed by atoms with Crippen LogP contribution in [0.15, 0.2) is 127 Å². The maximum atomic E-state index is 11.8. The minimum absolute atomic E-state index is 0.0319. The van der Waals surface area contributed by atoms with Crippen LogP contribution in [0.4, 0.5) is 0 Å². The van der Waals surface area contributed by atoms with Crippen molar-refractivity contribution >= 4 is 17.6 Å². The molecule has 0 heterocycles. The van der Waals surface area contributed by atoms with Gasteiger partial charge in [-0.15, -0.1) is 0 Å². The van der Waals surface area contributed by atoms with Gasteiger partial charge in [-0.1, -0.05) is 127 Å². The molecule has 0 N–H and O–H groups in total. The maximum absolute atomic E-state index is 11.8. The van der Waals surface area contributed by atoms with Gasteiger partial charge in [0.25, 0.3) is 0 Å². The van der Waals surface area contributed by atoms with Crippen LogP contribution >= 0.6 is 0 Å². The van der Waals surface area contributed by atoms with Crippen molar-refractivity contribution in [2.75, 3.05) is 0 Å². The van der Waals surface area contributed by atoms with Crippen LogP contribution in [0.2, 0.25) is 0 Å². The molecule has 0 aromatic heterocycles. The molecule has 4 aromatic rings. The second-order valence-electron chi connectivity index (χ2n) is 6.54. The highest BCUT2D eigenvalue weighted by Gasteiger charge is 2.06. The van der Waals surface area contributed by atoms with Gasteiger partial charge < -0.3 is 0 Å². The van der Waals surface area contributed by atoms with E-state index in [2.05, 4.69) is 0 Å². The van der Waals surface area contributed by atoms with Gasteiger partial charge in [0.1, 0.15) is 0 Å². The minimum atomic E-state index is 0.0319. The third kappa shape index (κ3) is 6.25. The van der Waals surface area contributed by atoms with Gasteiger partial charge in [-0.3, -0.25) is 9.59 Å². The zero-order valence-electron chi connectivity index (χ0n) is 16.5. The summed E-state index contributed by atoms with van der Waals surface area (Å²) in [6, 6.07) is 37.7. The number of hydrogen-bond acceptors (Lipinski definition) is 2. The quantitative estimate of drug-likeness (QED) is 0.288. The van der Waals surface area contributed by atoms with E-state index in [4.69, 9.17) is 0 Å². The third-order valence-electron chi connectivity index (χ3n) is 4.36. The molecule has 4 rings (SSSR count). The van der Waals surface area contributed by atoms with Crippen LogP contribution in [0.5, 0.6) is 0 Å². The van der Waals surface area contributed by atoms with Crippen molar-refractivity contribution in [1.29, 1.82) is 0 Å². The summed E-state index contributed by atoms with van der Waals surface area (Å²) in [5, 5.41) is 0. The predicted octanol–water partition coefficient (Wildman–Crippen LogP) is 6.50. The van der Waals surface area contributed by atoms with Crippen molar-refractivity contribution in [2.24, 2.45) is 0 Å². The lowest BCUT2D eigenvalue weighted by Crippen LogP contribution is -1.99. The summed E-state index contributed by atoms with van der Waals surface area (Å²) in [5.74, 6) is 0.107. The van der Waals surface area contributed by atoms with E-state index in [-0.39, 0.29) is 11.6 Å². The molecular weight excluding hydrogens is 368 g/mol. The van der Waals surface area contributed by atoms with Crippen LogP contribution in [0.1, 0.15) is 31.8 Å². The molecule has 0 atom stereocenters. The van der Waals surface area contributed by atoms with E-state index in [0.29, 0.717) is 0 Å². The largest absolute Gasteiger partial charge is 0.289 e. The summed E-state index contributed by atoms with van der Waals surface area (Å²) in [6.45, 7) is 0. The van der Waals surface area contributed by atoms with Gasteiger partial charge in [0, 0.05) is 16.7 Å². The average Bonchev–Trinajstić information content (AvgIpc) is 2.85. The molecule has 0 unspecified atom stereocenters. The van der Waals surface area contributed by atoms with E-state index in [0.717, 1.165) is 22.3 Å². The number of hydrogen-bond donors (Lipinski definition) is 0. The van der Waals surface area contributed by atoms with Gasteiger partial charge in [-0.25, -0.2) is 0 Å². The first-order valence-corrected chi connectivity index (χ1v) is 9.71. The summed E-state index contributed by atoms with van der Waals surface area (Å²) >= 11 is 0. The molecule has 146 valence electrons. The average molecular weight is 390 g/mol. The molecule has 0 aliphatic carbocycles. The summed E-state index contributed by atoms with van der Waals surface area (Å²) in [5.41, 5.74) is 3.22. The lowest BCUT2D eigenvalue weighted by Gasteiger charge is -1.99. The van der Waals surface area contributed by atoms with Gasteiger partial charge >= 0.3 is 0 Å². The summed E-state index contributed by atoms with van der Waals surface area (Å²) < 4.78 is 0. The highest BCUT2D eigenvalue weighted by atomic mass is 16.1. The SMILES string of the molecule is O=C(C=Cc1ccccc1)c1ccccc1.O=C(c1ccccc1)c1ccccc1. The predicted molar refractivity (Wildman–Crippen MR) is 123 cm³/mol. The van der Waals surface area contributed by atoms with Crippen LogP contribution in [-0.4, -0.2) is 11.6 Å². The van der Waals surface area contributed by atoms with E-state index < -0.39 is 0 Å².